The molecule has 2 N–H and O–H groups in total. The molecule has 3 nitrogen and oxygen atoms in total. The van der Waals surface area contributed by atoms with Gasteiger partial charge in [0.05, 0.1) is 44.6 Å². The van der Waals surface area contributed by atoms with Crippen molar-refractivity contribution in [3.05, 3.63) is 35.9 Å². The molecule has 0 aromatic heterocycles. The van der Waals surface area contributed by atoms with Crippen LogP contribution < -0.4 is 9.80 Å². The lowest BCUT2D eigenvalue weighted by molar-refractivity contribution is -0.975. The molecule has 2 unspecified atom stereocenters. The Morgan fingerprint density at radius 3 is 2.67 bits per heavy atom. The van der Waals surface area contributed by atoms with Crippen LogP contribution in [0.4, 0.5) is 0 Å². The monoisotopic (exact) mass is 329 g/mol. The summed E-state index contributed by atoms with van der Waals surface area (Å²) in [5.74, 6) is 0.939. The minimum Gasteiger partial charge on any atom is -0.335 e. The molecule has 0 radical (unpaired) electrons. The van der Waals surface area contributed by atoms with E-state index in [1.165, 1.54) is 25.1 Å². The van der Waals surface area contributed by atoms with Gasteiger partial charge in [0.25, 0.3) is 0 Å². The van der Waals surface area contributed by atoms with Crippen molar-refractivity contribution < 1.29 is 9.80 Å². The molecule has 132 valence electrons. The predicted octanol–water partition coefficient (Wildman–Crippen LogP) is 1.32. The highest BCUT2D eigenvalue weighted by molar-refractivity contribution is 5.13. The third-order valence-electron chi connectivity index (χ3n) is 5.93. The van der Waals surface area contributed by atoms with Crippen molar-refractivity contribution in [3.8, 4) is 6.07 Å². The van der Waals surface area contributed by atoms with Crippen LogP contribution >= 0.6 is 0 Å². The Labute approximate surface area is 148 Å². The molecule has 3 heteroatoms. The van der Waals surface area contributed by atoms with E-state index in [0.29, 0.717) is 0 Å². The number of piperidine rings is 1. The molecule has 1 aliphatic rings. The number of nitrogens with zero attached hydrogens (tertiary/aromatic N) is 1. The number of nitrogens with one attached hydrogen (secondary N) is 2. The van der Waals surface area contributed by atoms with E-state index in [4.69, 9.17) is 5.26 Å². The Kier molecular flexibility index (Phi) is 7.27. The maximum atomic E-state index is 9.03. The average Bonchev–Trinajstić information content (AvgIpc) is 2.58. The van der Waals surface area contributed by atoms with Crippen LogP contribution in [0.25, 0.3) is 0 Å². The van der Waals surface area contributed by atoms with Crippen LogP contribution in [0, 0.1) is 23.2 Å². The van der Waals surface area contributed by atoms with E-state index in [1.54, 1.807) is 9.80 Å². The second-order valence-electron chi connectivity index (χ2n) is 8.01. The number of likely N-dealkylation sites (tertiary alicyclic amines) is 1. The number of rotatable bonds is 7. The van der Waals surface area contributed by atoms with E-state index in [0.717, 1.165) is 37.4 Å². The van der Waals surface area contributed by atoms with Gasteiger partial charge in [-0.25, -0.2) is 0 Å². The lowest BCUT2D eigenvalue weighted by atomic mass is 9.88. The van der Waals surface area contributed by atoms with Gasteiger partial charge < -0.3 is 9.80 Å². The summed E-state index contributed by atoms with van der Waals surface area (Å²) >= 11 is 0. The highest BCUT2D eigenvalue weighted by Gasteiger charge is 2.38. The van der Waals surface area contributed by atoms with Crippen LogP contribution in [0.1, 0.15) is 45.6 Å². The molecule has 0 saturated carbocycles. The molecule has 1 fully saturated rings. The third-order valence-corrected chi connectivity index (χ3v) is 5.93. The van der Waals surface area contributed by atoms with Crippen molar-refractivity contribution in [1.82, 2.24) is 0 Å². The van der Waals surface area contributed by atoms with Gasteiger partial charge in [-0.1, -0.05) is 37.3 Å². The van der Waals surface area contributed by atoms with Gasteiger partial charge in [0.15, 0.2) is 0 Å². The van der Waals surface area contributed by atoms with Crippen LogP contribution in [-0.2, 0) is 6.54 Å². The minimum atomic E-state index is 0.182. The number of nitriles is 1. The molecule has 0 aliphatic carbocycles. The largest absolute Gasteiger partial charge is 0.335 e. The lowest BCUT2D eigenvalue weighted by Gasteiger charge is -2.40. The van der Waals surface area contributed by atoms with Gasteiger partial charge in [-0.15, -0.1) is 0 Å². The molecule has 0 spiro atoms. The molecule has 24 heavy (non-hydrogen) atoms. The Hall–Kier alpha value is -1.37. The van der Waals surface area contributed by atoms with E-state index in [2.05, 4.69) is 57.3 Å². The highest BCUT2D eigenvalue weighted by Crippen LogP contribution is 2.11. The number of hydrogen-bond donors (Lipinski definition) is 2. The van der Waals surface area contributed by atoms with Crippen molar-refractivity contribution >= 4 is 0 Å². The second kappa shape index (κ2) is 9.20. The van der Waals surface area contributed by atoms with Crippen molar-refractivity contribution in [2.75, 3.05) is 20.1 Å². The summed E-state index contributed by atoms with van der Waals surface area (Å²) in [5, 5.41) is 9.03. The van der Waals surface area contributed by atoms with Gasteiger partial charge >= 0.3 is 0 Å². The zero-order valence-electron chi connectivity index (χ0n) is 15.9. The van der Waals surface area contributed by atoms with Gasteiger partial charge in [-0.05, 0) is 26.7 Å². The first-order valence-electron chi connectivity index (χ1n) is 9.61. The smallest absolute Gasteiger partial charge is 0.103 e. The summed E-state index contributed by atoms with van der Waals surface area (Å²) in [4.78, 5) is 3.40. The van der Waals surface area contributed by atoms with Gasteiger partial charge in [0.2, 0.25) is 0 Å². The maximum Gasteiger partial charge on any atom is 0.103 e. The molecule has 1 saturated heterocycles. The van der Waals surface area contributed by atoms with Crippen LogP contribution in [0.5, 0.6) is 0 Å². The van der Waals surface area contributed by atoms with E-state index >= 15 is 0 Å². The van der Waals surface area contributed by atoms with E-state index in [1.807, 2.05) is 6.92 Å². The Morgan fingerprint density at radius 2 is 2.00 bits per heavy atom. The second-order valence-corrected chi connectivity index (χ2v) is 8.01. The van der Waals surface area contributed by atoms with Gasteiger partial charge in [-0.3, -0.25) is 0 Å². The van der Waals surface area contributed by atoms with E-state index in [9.17, 15) is 0 Å². The Bertz CT molecular complexity index is 522. The number of hydrogen-bond acceptors (Lipinski definition) is 1. The predicted molar refractivity (Wildman–Crippen MR) is 98.8 cm³/mol. The topological polar surface area (TPSA) is 32.7 Å². The number of quaternary nitrogens is 2. The summed E-state index contributed by atoms with van der Waals surface area (Å²) < 4.78 is 0. The normalized spacial score (nSPS) is 29.6. The van der Waals surface area contributed by atoms with E-state index in [-0.39, 0.29) is 5.92 Å². The zero-order chi connectivity index (χ0) is 17.5. The van der Waals surface area contributed by atoms with Crippen LogP contribution in [-0.4, -0.2) is 32.2 Å². The quantitative estimate of drug-likeness (QED) is 0.777. The molecule has 6 atom stereocenters. The van der Waals surface area contributed by atoms with E-state index < -0.39 is 0 Å². The van der Waals surface area contributed by atoms with Crippen molar-refractivity contribution in [1.29, 1.82) is 5.26 Å². The van der Waals surface area contributed by atoms with Gasteiger partial charge in [0.1, 0.15) is 12.6 Å². The van der Waals surface area contributed by atoms with Crippen molar-refractivity contribution in [2.24, 2.45) is 11.8 Å². The molecule has 1 heterocycles. The number of benzene rings is 1. The maximum absolute atomic E-state index is 9.03. The molecule has 0 bridgehead atoms. The van der Waals surface area contributed by atoms with Crippen LogP contribution in [0.3, 0.4) is 0 Å². The molecule has 2 rings (SSSR count). The SMILES string of the molecule is C[C@@H]1C[NH+](C)[C@@H](C)C[C@H]1[NH+](CCC[C@@H](C)C#N)Cc1ccccc1. The summed E-state index contributed by atoms with van der Waals surface area (Å²) in [6.45, 7) is 10.4. The van der Waals surface area contributed by atoms with Crippen molar-refractivity contribution in [2.45, 2.75) is 58.7 Å². The summed E-state index contributed by atoms with van der Waals surface area (Å²) in [7, 11) is 2.34. The van der Waals surface area contributed by atoms with Crippen LogP contribution in [0.2, 0.25) is 0 Å². The van der Waals surface area contributed by atoms with Crippen molar-refractivity contribution in [3.63, 3.8) is 0 Å². The molecular weight excluding hydrogens is 294 g/mol. The molecule has 1 aliphatic heterocycles. The first-order valence-corrected chi connectivity index (χ1v) is 9.61. The standard InChI is InChI=1S/C21H33N3/c1-17(14-22)9-8-12-24(16-20-10-6-5-7-11-20)21-13-19(3)23(4)15-18(21)2/h5-7,10-11,17-19,21H,8-9,12-13,15-16H2,1-4H3/p+2/t17-,18-,19+,21-/m1/s1. The first-order chi connectivity index (χ1) is 11.5. The van der Waals surface area contributed by atoms with Gasteiger partial charge in [-0.2, -0.15) is 5.26 Å². The zero-order valence-corrected chi connectivity index (χ0v) is 15.9. The Morgan fingerprint density at radius 1 is 1.29 bits per heavy atom. The highest BCUT2D eigenvalue weighted by atomic mass is 15.2. The summed E-state index contributed by atoms with van der Waals surface area (Å²) in [6.07, 6.45) is 3.48. The average molecular weight is 330 g/mol. The lowest BCUT2D eigenvalue weighted by Crippen LogP contribution is -3.22. The minimum absolute atomic E-state index is 0.182. The fourth-order valence-corrected chi connectivity index (χ4v) is 4.20. The summed E-state index contributed by atoms with van der Waals surface area (Å²) in [5.41, 5.74) is 1.44. The molecule has 1 aromatic rings. The molecule has 0 amide bonds. The third kappa shape index (κ3) is 5.33. The fourth-order valence-electron chi connectivity index (χ4n) is 4.20. The van der Waals surface area contributed by atoms with Crippen LogP contribution in [0.15, 0.2) is 30.3 Å². The molecule has 1 aromatic carbocycles. The summed E-state index contributed by atoms with van der Waals surface area (Å²) in [6, 6.07) is 14.8. The van der Waals surface area contributed by atoms with Gasteiger partial charge in [0, 0.05) is 11.5 Å². The molecular formula is C21H35N3+2. The fraction of sp³-hybridized carbons (Fsp3) is 0.667. The Balaban J connectivity index is 2.05. The first kappa shape index (κ1) is 19.0.